The molecule has 112 valence electrons. The van der Waals surface area contributed by atoms with Gasteiger partial charge in [-0.3, -0.25) is 4.79 Å². The predicted octanol–water partition coefficient (Wildman–Crippen LogP) is 3.22. The summed E-state index contributed by atoms with van der Waals surface area (Å²) in [4.78, 5) is 11.6. The number of halogens is 2. The summed E-state index contributed by atoms with van der Waals surface area (Å²) >= 11 is 7.00. The molecule has 20 heavy (non-hydrogen) atoms. The molecule has 0 aliphatic carbocycles. The van der Waals surface area contributed by atoms with Crippen LogP contribution < -0.4 is 15.4 Å². The maximum absolute atomic E-state index is 11.6. The number of carbonyl (C=O) groups is 1. The highest BCUT2D eigenvalue weighted by Gasteiger charge is 2.12. The molecule has 0 aliphatic heterocycles. The largest absolute Gasteiger partial charge is 0.492 e. The second-order valence-corrected chi connectivity index (χ2v) is 6.03. The third-order valence-corrected chi connectivity index (χ3v) is 3.88. The topological polar surface area (TPSA) is 50.4 Å². The average Bonchev–Trinajstić information content (AvgIpc) is 2.40. The van der Waals surface area contributed by atoms with Gasteiger partial charge in [-0.05, 0) is 70.3 Å². The van der Waals surface area contributed by atoms with E-state index in [9.17, 15) is 4.79 Å². The molecule has 0 heterocycles. The Kier molecular flexibility index (Phi) is 7.55. The van der Waals surface area contributed by atoms with E-state index < -0.39 is 0 Å². The minimum atomic E-state index is -0.223. The maximum Gasteiger partial charge on any atom is 0.236 e. The predicted molar refractivity (Wildman–Crippen MR) is 88.0 cm³/mol. The number of benzene rings is 1. The Morgan fingerprint density at radius 3 is 2.40 bits per heavy atom. The van der Waals surface area contributed by atoms with Crippen LogP contribution in [0, 0.1) is 0 Å². The van der Waals surface area contributed by atoms with Gasteiger partial charge in [-0.25, -0.2) is 0 Å². The Balaban J connectivity index is 2.67. The molecule has 0 fully saturated rings. The minimum absolute atomic E-state index is 0.0107. The number of rotatable bonds is 7. The van der Waals surface area contributed by atoms with Gasteiger partial charge in [-0.1, -0.05) is 0 Å². The first-order valence-corrected chi connectivity index (χ1v) is 8.20. The number of amides is 1. The van der Waals surface area contributed by atoms with Crippen LogP contribution in [0.1, 0.15) is 26.3 Å². The van der Waals surface area contributed by atoms with Crippen LogP contribution in [0.15, 0.2) is 21.1 Å². The van der Waals surface area contributed by atoms with Gasteiger partial charge in [0, 0.05) is 13.1 Å². The standard InChI is InChI=1S/C14H20Br2N2O2/c1-4-17-14(19)9(3)18-8-10-6-11(15)13(20-5-2)12(16)7-10/h6-7,9,18H,4-5,8H2,1-3H3,(H,17,19). The first-order valence-electron chi connectivity index (χ1n) is 6.61. The summed E-state index contributed by atoms with van der Waals surface area (Å²) in [5, 5.41) is 5.99. The molecule has 0 saturated heterocycles. The molecule has 1 atom stereocenters. The van der Waals surface area contributed by atoms with Crippen LogP contribution in [0.3, 0.4) is 0 Å². The fraction of sp³-hybridized carbons (Fsp3) is 0.500. The van der Waals surface area contributed by atoms with Crippen molar-refractivity contribution in [1.29, 1.82) is 0 Å². The van der Waals surface area contributed by atoms with Gasteiger partial charge in [-0.2, -0.15) is 0 Å². The van der Waals surface area contributed by atoms with Crippen LogP contribution in [0.4, 0.5) is 0 Å². The molecule has 1 amide bonds. The number of likely N-dealkylation sites (N-methyl/N-ethyl adjacent to an activating group) is 1. The highest BCUT2D eigenvalue weighted by Crippen LogP contribution is 2.34. The smallest absolute Gasteiger partial charge is 0.236 e. The SMILES string of the molecule is CCNC(=O)C(C)NCc1cc(Br)c(OCC)c(Br)c1. The van der Waals surface area contributed by atoms with Crippen molar-refractivity contribution in [2.75, 3.05) is 13.2 Å². The maximum atomic E-state index is 11.6. The minimum Gasteiger partial charge on any atom is -0.492 e. The van der Waals surface area contributed by atoms with Gasteiger partial charge >= 0.3 is 0 Å². The number of carbonyl (C=O) groups excluding carboxylic acids is 1. The number of nitrogens with one attached hydrogen (secondary N) is 2. The van der Waals surface area contributed by atoms with Crippen LogP contribution in [-0.4, -0.2) is 25.1 Å². The van der Waals surface area contributed by atoms with Crippen molar-refractivity contribution >= 4 is 37.8 Å². The number of hydrogen-bond donors (Lipinski definition) is 2. The van der Waals surface area contributed by atoms with Crippen molar-refractivity contribution in [2.24, 2.45) is 0 Å². The fourth-order valence-corrected chi connectivity index (χ4v) is 3.20. The summed E-state index contributed by atoms with van der Waals surface area (Å²) in [6.07, 6.45) is 0. The molecule has 1 rings (SSSR count). The second kappa shape index (κ2) is 8.64. The second-order valence-electron chi connectivity index (χ2n) is 4.32. The molecule has 0 bridgehead atoms. The lowest BCUT2D eigenvalue weighted by Crippen LogP contribution is -2.41. The quantitative estimate of drug-likeness (QED) is 0.729. The number of hydrogen-bond acceptors (Lipinski definition) is 3. The van der Waals surface area contributed by atoms with E-state index in [1.54, 1.807) is 0 Å². The zero-order chi connectivity index (χ0) is 15.1. The molecular formula is C14H20Br2N2O2. The van der Waals surface area contributed by atoms with E-state index in [-0.39, 0.29) is 11.9 Å². The Bertz CT molecular complexity index is 443. The Labute approximate surface area is 136 Å². The van der Waals surface area contributed by atoms with Gasteiger partial charge < -0.3 is 15.4 Å². The third-order valence-electron chi connectivity index (χ3n) is 2.70. The molecular weight excluding hydrogens is 388 g/mol. The van der Waals surface area contributed by atoms with Gasteiger partial charge in [0.05, 0.1) is 21.6 Å². The van der Waals surface area contributed by atoms with E-state index >= 15 is 0 Å². The Morgan fingerprint density at radius 1 is 1.30 bits per heavy atom. The van der Waals surface area contributed by atoms with Crippen LogP contribution in [0.2, 0.25) is 0 Å². The van der Waals surface area contributed by atoms with E-state index in [1.165, 1.54) is 0 Å². The van der Waals surface area contributed by atoms with Gasteiger partial charge in [-0.15, -0.1) is 0 Å². The summed E-state index contributed by atoms with van der Waals surface area (Å²) in [5.74, 6) is 0.810. The normalized spacial score (nSPS) is 12.1. The zero-order valence-electron chi connectivity index (χ0n) is 11.9. The lowest BCUT2D eigenvalue weighted by atomic mass is 10.2. The van der Waals surface area contributed by atoms with Crippen molar-refractivity contribution in [3.8, 4) is 5.75 Å². The molecule has 0 aliphatic rings. The first-order chi connectivity index (χ1) is 9.49. The molecule has 1 unspecified atom stereocenters. The van der Waals surface area contributed by atoms with Crippen molar-refractivity contribution in [3.05, 3.63) is 26.6 Å². The van der Waals surface area contributed by atoms with E-state index in [0.29, 0.717) is 19.7 Å². The summed E-state index contributed by atoms with van der Waals surface area (Å²) in [5.41, 5.74) is 1.07. The van der Waals surface area contributed by atoms with Crippen LogP contribution in [-0.2, 0) is 11.3 Å². The fourth-order valence-electron chi connectivity index (χ4n) is 1.69. The number of ether oxygens (including phenoxy) is 1. The van der Waals surface area contributed by atoms with Crippen molar-refractivity contribution in [2.45, 2.75) is 33.4 Å². The van der Waals surface area contributed by atoms with E-state index in [2.05, 4.69) is 42.5 Å². The van der Waals surface area contributed by atoms with E-state index in [0.717, 1.165) is 20.3 Å². The third kappa shape index (κ3) is 5.07. The monoisotopic (exact) mass is 406 g/mol. The Morgan fingerprint density at radius 2 is 1.90 bits per heavy atom. The molecule has 0 aromatic heterocycles. The molecule has 4 nitrogen and oxygen atoms in total. The molecule has 0 radical (unpaired) electrons. The average molecular weight is 408 g/mol. The summed E-state index contributed by atoms with van der Waals surface area (Å²) in [7, 11) is 0. The highest BCUT2D eigenvalue weighted by molar-refractivity contribution is 9.11. The van der Waals surface area contributed by atoms with Gasteiger partial charge in [0.2, 0.25) is 5.91 Å². The Hall–Kier alpha value is -0.590. The van der Waals surface area contributed by atoms with Crippen molar-refractivity contribution in [3.63, 3.8) is 0 Å². The van der Waals surface area contributed by atoms with Gasteiger partial charge in [0.15, 0.2) is 0 Å². The highest BCUT2D eigenvalue weighted by atomic mass is 79.9. The van der Waals surface area contributed by atoms with Crippen molar-refractivity contribution in [1.82, 2.24) is 10.6 Å². The van der Waals surface area contributed by atoms with E-state index in [4.69, 9.17) is 4.74 Å². The molecule has 1 aromatic carbocycles. The van der Waals surface area contributed by atoms with Crippen LogP contribution in [0.5, 0.6) is 5.75 Å². The molecule has 2 N–H and O–H groups in total. The van der Waals surface area contributed by atoms with Crippen LogP contribution in [0.25, 0.3) is 0 Å². The molecule has 1 aromatic rings. The first kappa shape index (κ1) is 17.5. The molecule has 0 spiro atoms. The molecule has 6 heteroatoms. The zero-order valence-corrected chi connectivity index (χ0v) is 15.1. The van der Waals surface area contributed by atoms with Gasteiger partial charge in [0.25, 0.3) is 0 Å². The summed E-state index contributed by atoms with van der Waals surface area (Å²) < 4.78 is 7.34. The molecule has 0 saturated carbocycles. The lowest BCUT2D eigenvalue weighted by molar-refractivity contribution is -0.122. The van der Waals surface area contributed by atoms with Crippen molar-refractivity contribution < 1.29 is 9.53 Å². The van der Waals surface area contributed by atoms with E-state index in [1.807, 2.05) is 32.9 Å². The lowest BCUT2D eigenvalue weighted by Gasteiger charge is -2.15. The summed E-state index contributed by atoms with van der Waals surface area (Å²) in [6, 6.07) is 3.76. The van der Waals surface area contributed by atoms with Crippen LogP contribution >= 0.6 is 31.9 Å². The van der Waals surface area contributed by atoms with Gasteiger partial charge in [0.1, 0.15) is 5.75 Å². The summed E-state index contributed by atoms with van der Waals surface area (Å²) in [6.45, 7) is 7.58.